The summed E-state index contributed by atoms with van der Waals surface area (Å²) in [6.07, 6.45) is 1.76. The molecule has 0 radical (unpaired) electrons. The molecule has 2 heterocycles. The molecule has 2 aromatic heterocycles. The molecule has 0 fully saturated rings. The molecule has 0 aliphatic heterocycles. The van der Waals surface area contributed by atoms with Gasteiger partial charge in [-0.25, -0.2) is 4.98 Å². The van der Waals surface area contributed by atoms with Crippen LogP contribution < -0.4 is 0 Å². The fourth-order valence-corrected chi connectivity index (χ4v) is 8.94. The highest BCUT2D eigenvalue weighted by molar-refractivity contribution is 5.97. The summed E-state index contributed by atoms with van der Waals surface area (Å²) < 4.78 is 71.5. The fraction of sp³-hybridized carbons (Fsp3) is 0.323. The third kappa shape index (κ3) is 8.87. The number of fused-ring (bicyclic) bond motifs is 1. The topological polar surface area (TPSA) is 50.9 Å². The zero-order valence-corrected chi connectivity index (χ0v) is 40.9. The van der Waals surface area contributed by atoms with Crippen LogP contribution in [-0.4, -0.2) is 19.6 Å². The van der Waals surface area contributed by atoms with Crippen LogP contribution >= 0.6 is 0 Å². The maximum atomic E-state index is 12.6. The Bertz CT molecular complexity index is 3410. The third-order valence-electron chi connectivity index (χ3n) is 12.8. The van der Waals surface area contributed by atoms with Gasteiger partial charge in [0, 0.05) is 33.9 Å². The molecule has 338 valence electrons. The van der Waals surface area contributed by atoms with E-state index in [9.17, 15) is 12.0 Å². The van der Waals surface area contributed by atoms with Gasteiger partial charge in [0.15, 0.2) is 0 Å². The summed E-state index contributed by atoms with van der Waals surface area (Å²) in [4.78, 5) is 10.4. The van der Waals surface area contributed by atoms with Crippen molar-refractivity contribution < 1.29 is 16.1 Å². The predicted octanol–water partition coefficient (Wildman–Crippen LogP) is 17.2. The molecular formula is C62H69N3O. The van der Waals surface area contributed by atoms with Crippen molar-refractivity contribution in [3.8, 4) is 67.5 Å². The number of aromatic hydroxyl groups is 1. The number of phenols is 1. The van der Waals surface area contributed by atoms with Crippen molar-refractivity contribution in [1.82, 2.24) is 14.5 Å². The van der Waals surface area contributed by atoms with Crippen molar-refractivity contribution in [3.05, 3.63) is 166 Å². The number of aromatic nitrogens is 3. The average molecular weight is 880 g/mol. The van der Waals surface area contributed by atoms with E-state index in [1.54, 1.807) is 52.1 Å². The van der Waals surface area contributed by atoms with Gasteiger partial charge in [-0.1, -0.05) is 168 Å². The van der Waals surface area contributed by atoms with Crippen LogP contribution in [-0.2, 0) is 16.2 Å². The molecule has 0 aliphatic carbocycles. The number of pyridine rings is 1. The standard InChI is InChI=1S/C62H69N3O/c1-37(2)48-18-16-19-49(38(3)4)56(48)43-26-27-54(40(6)30-43)65-55-21-17-20-50(57(55)64-59(65)51-35-47(61(10,11)12)36-52(58(51)66)62(13,14)15)44-31-45(33-46(32-44)60(7,8)9)53-34-42(28-29-63-53)41-24-22-39(5)23-25-41/h16-38,66H,1-15H3/i5D3,6D3,37D,38D. The summed E-state index contributed by atoms with van der Waals surface area (Å²) in [6, 6.07) is 38.3. The van der Waals surface area contributed by atoms with E-state index in [4.69, 9.17) is 14.1 Å². The number of nitrogens with zero attached hydrogens (tertiary/aromatic N) is 3. The smallest absolute Gasteiger partial charge is 0.149 e. The van der Waals surface area contributed by atoms with Gasteiger partial charge in [-0.05, 0) is 146 Å². The van der Waals surface area contributed by atoms with Crippen LogP contribution in [0.5, 0.6) is 5.75 Å². The number of benzene rings is 6. The number of hydrogen-bond donors (Lipinski definition) is 1. The Morgan fingerprint density at radius 3 is 1.83 bits per heavy atom. The Hall–Kier alpha value is -6.26. The van der Waals surface area contributed by atoms with E-state index in [-0.39, 0.29) is 27.7 Å². The molecule has 66 heavy (non-hydrogen) atoms. The maximum Gasteiger partial charge on any atom is 0.149 e. The van der Waals surface area contributed by atoms with Crippen molar-refractivity contribution in [3.63, 3.8) is 0 Å². The molecule has 0 bridgehead atoms. The quantitative estimate of drug-likeness (QED) is 0.165. The first-order valence-electron chi connectivity index (χ1n) is 27.0. The molecule has 0 saturated heterocycles. The second-order valence-electron chi connectivity index (χ2n) is 21.4. The molecule has 4 heteroatoms. The van der Waals surface area contributed by atoms with Crippen LogP contribution in [0.1, 0.15) is 152 Å². The lowest BCUT2D eigenvalue weighted by molar-refractivity contribution is 0.446. The van der Waals surface area contributed by atoms with Gasteiger partial charge in [-0.2, -0.15) is 0 Å². The molecule has 0 spiro atoms. The summed E-state index contributed by atoms with van der Waals surface area (Å²) in [5, 5.41) is 12.6. The number of hydrogen-bond acceptors (Lipinski definition) is 3. The summed E-state index contributed by atoms with van der Waals surface area (Å²) in [7, 11) is 0. The first-order chi connectivity index (χ1) is 34.0. The van der Waals surface area contributed by atoms with E-state index < -0.39 is 30.9 Å². The molecule has 0 aliphatic rings. The number of para-hydroxylation sites is 1. The lowest BCUT2D eigenvalue weighted by atomic mass is 9.79. The van der Waals surface area contributed by atoms with Crippen molar-refractivity contribution >= 4 is 11.0 Å². The first kappa shape index (κ1) is 36.9. The minimum Gasteiger partial charge on any atom is -0.507 e. The summed E-state index contributed by atoms with van der Waals surface area (Å²) in [6.45, 7) is 21.4. The minimum atomic E-state index is -2.65. The Kier molecular flexibility index (Phi) is 9.61. The van der Waals surface area contributed by atoms with Gasteiger partial charge in [0.25, 0.3) is 0 Å². The van der Waals surface area contributed by atoms with Gasteiger partial charge < -0.3 is 5.11 Å². The summed E-state index contributed by atoms with van der Waals surface area (Å²) in [5.74, 6) is -1.72. The predicted molar refractivity (Wildman–Crippen MR) is 281 cm³/mol. The normalized spacial score (nSPS) is 15.0. The van der Waals surface area contributed by atoms with Gasteiger partial charge in [0.05, 0.1) is 28.0 Å². The summed E-state index contributed by atoms with van der Waals surface area (Å²) >= 11 is 0. The van der Waals surface area contributed by atoms with E-state index in [1.807, 2.05) is 83.4 Å². The van der Waals surface area contributed by atoms with E-state index in [2.05, 4.69) is 86.6 Å². The maximum absolute atomic E-state index is 12.6. The Morgan fingerprint density at radius 1 is 0.576 bits per heavy atom. The molecule has 8 aromatic rings. The van der Waals surface area contributed by atoms with E-state index >= 15 is 0 Å². The second-order valence-corrected chi connectivity index (χ2v) is 21.4. The number of aryl methyl sites for hydroxylation is 2. The van der Waals surface area contributed by atoms with Gasteiger partial charge in [-0.3, -0.25) is 9.55 Å². The zero-order chi connectivity index (χ0) is 54.5. The van der Waals surface area contributed by atoms with E-state index in [0.29, 0.717) is 50.4 Å². The lowest BCUT2D eigenvalue weighted by Gasteiger charge is -2.27. The second kappa shape index (κ2) is 17.2. The Balaban J connectivity index is 1.45. The largest absolute Gasteiger partial charge is 0.507 e. The van der Waals surface area contributed by atoms with E-state index in [1.165, 1.54) is 0 Å². The van der Waals surface area contributed by atoms with Crippen LogP contribution in [0.4, 0.5) is 0 Å². The van der Waals surface area contributed by atoms with Crippen LogP contribution in [0, 0.1) is 13.7 Å². The Labute approximate surface area is 406 Å². The highest BCUT2D eigenvalue weighted by Gasteiger charge is 2.29. The molecular weight excluding hydrogens is 803 g/mol. The lowest BCUT2D eigenvalue weighted by Crippen LogP contribution is -2.17. The first-order valence-corrected chi connectivity index (χ1v) is 23.0. The number of rotatable bonds is 8. The molecule has 0 atom stereocenters. The monoisotopic (exact) mass is 880 g/mol. The molecule has 4 nitrogen and oxygen atoms in total. The molecule has 0 saturated carbocycles. The van der Waals surface area contributed by atoms with Crippen LogP contribution in [0.2, 0.25) is 0 Å². The number of imidazole rings is 1. The van der Waals surface area contributed by atoms with Gasteiger partial charge in [-0.15, -0.1) is 0 Å². The number of phenolic OH excluding ortho intramolecular Hbond substituents is 1. The highest BCUT2D eigenvalue weighted by atomic mass is 16.3. The highest BCUT2D eigenvalue weighted by Crippen LogP contribution is 2.46. The van der Waals surface area contributed by atoms with Crippen molar-refractivity contribution in [1.29, 1.82) is 0 Å². The van der Waals surface area contributed by atoms with Gasteiger partial charge in [0.1, 0.15) is 11.6 Å². The zero-order valence-electron chi connectivity index (χ0n) is 48.9. The Morgan fingerprint density at radius 2 is 1.21 bits per heavy atom. The minimum absolute atomic E-state index is 0.0470. The van der Waals surface area contributed by atoms with Crippen LogP contribution in [0.25, 0.3) is 72.7 Å². The molecule has 8 rings (SSSR count). The molecule has 0 unspecified atom stereocenters. The molecule has 1 N–H and O–H groups in total. The average Bonchev–Trinajstić information content (AvgIpc) is 3.68. The third-order valence-corrected chi connectivity index (χ3v) is 12.8. The molecule has 0 amide bonds. The van der Waals surface area contributed by atoms with Crippen LogP contribution in [0.3, 0.4) is 0 Å². The van der Waals surface area contributed by atoms with Gasteiger partial charge >= 0.3 is 0 Å². The van der Waals surface area contributed by atoms with Crippen LogP contribution in [0.15, 0.2) is 128 Å². The summed E-state index contributed by atoms with van der Waals surface area (Å²) in [5.41, 5.74) is 11.6. The fourth-order valence-electron chi connectivity index (χ4n) is 8.94. The van der Waals surface area contributed by atoms with Crippen molar-refractivity contribution in [2.75, 3.05) is 0 Å². The van der Waals surface area contributed by atoms with Crippen molar-refractivity contribution in [2.45, 2.75) is 132 Å². The molecule has 6 aromatic carbocycles. The van der Waals surface area contributed by atoms with E-state index in [0.717, 1.165) is 50.2 Å². The van der Waals surface area contributed by atoms with Gasteiger partial charge in [0.2, 0.25) is 0 Å². The SMILES string of the molecule is [2H]C([2H])([2H])c1ccc(-c2ccnc(-c3cc(-c4cccc5c4nc(-c4cc(C(C)(C)C)cc(C(C)(C)C)c4O)n5-c4ccc(-c5c(C([2H])(C)C)cccc5C([2H])(C)C)cc4C([2H])([2H])[2H])cc(C(C)(C)C)c3)c2)cc1. The van der Waals surface area contributed by atoms with Crippen molar-refractivity contribution in [2.24, 2.45) is 0 Å².